The highest BCUT2D eigenvalue weighted by Gasteiger charge is 2.42. The molecule has 0 bridgehead atoms. The van der Waals surface area contributed by atoms with Gasteiger partial charge < -0.3 is 9.64 Å². The maximum absolute atomic E-state index is 13.3. The van der Waals surface area contributed by atoms with Crippen LogP contribution in [-0.2, 0) is 20.9 Å². The minimum atomic E-state index is -0.207. The van der Waals surface area contributed by atoms with Gasteiger partial charge in [0, 0.05) is 37.6 Å². The normalized spacial score (nSPS) is 18.0. The first-order valence-corrected chi connectivity index (χ1v) is 11.7. The van der Waals surface area contributed by atoms with Gasteiger partial charge in [0.05, 0.1) is 24.8 Å². The van der Waals surface area contributed by atoms with Crippen LogP contribution in [0.15, 0.2) is 53.5 Å². The molecule has 2 aliphatic rings. The number of thiophene rings is 1. The second-order valence-electron chi connectivity index (χ2n) is 8.13. The lowest BCUT2D eigenvalue weighted by atomic mass is 10.1. The largest absolute Gasteiger partial charge is 0.377 e. The van der Waals surface area contributed by atoms with Crippen LogP contribution in [0.4, 0.5) is 0 Å². The van der Waals surface area contributed by atoms with Gasteiger partial charge in [0.1, 0.15) is 5.70 Å². The SMILES string of the molecule is CC(C)OCCN1C(=O)C(c2cccs2)=C(N2CCN(Cc3ccccc3)CC2)C1=O. The molecule has 0 unspecified atom stereocenters. The number of nitrogens with zero attached hydrogens (tertiary/aromatic N) is 3. The molecule has 0 saturated carbocycles. The molecule has 2 amide bonds. The van der Waals surface area contributed by atoms with Crippen LogP contribution in [0.3, 0.4) is 0 Å². The van der Waals surface area contributed by atoms with Crippen LogP contribution < -0.4 is 0 Å². The zero-order valence-corrected chi connectivity index (χ0v) is 18.9. The summed E-state index contributed by atoms with van der Waals surface area (Å²) >= 11 is 1.50. The summed E-state index contributed by atoms with van der Waals surface area (Å²) in [4.78, 5) is 33.2. The Balaban J connectivity index is 1.49. The Hall–Kier alpha value is -2.48. The van der Waals surface area contributed by atoms with Crippen LogP contribution in [0.2, 0.25) is 0 Å². The molecule has 164 valence electrons. The van der Waals surface area contributed by atoms with Crippen molar-refractivity contribution in [3.63, 3.8) is 0 Å². The number of hydrogen-bond acceptors (Lipinski definition) is 6. The van der Waals surface area contributed by atoms with Crippen LogP contribution in [0.25, 0.3) is 5.57 Å². The number of benzene rings is 1. The van der Waals surface area contributed by atoms with Crippen molar-refractivity contribution < 1.29 is 14.3 Å². The van der Waals surface area contributed by atoms with Crippen molar-refractivity contribution >= 4 is 28.7 Å². The Kier molecular flexibility index (Phi) is 6.85. The van der Waals surface area contributed by atoms with Crippen molar-refractivity contribution in [2.45, 2.75) is 26.5 Å². The summed E-state index contributed by atoms with van der Waals surface area (Å²) in [5.74, 6) is -0.404. The topological polar surface area (TPSA) is 53.1 Å². The van der Waals surface area contributed by atoms with E-state index in [0.717, 1.165) is 37.6 Å². The highest BCUT2D eigenvalue weighted by atomic mass is 32.1. The maximum atomic E-state index is 13.3. The van der Waals surface area contributed by atoms with Crippen molar-refractivity contribution in [2.75, 3.05) is 39.3 Å². The first-order chi connectivity index (χ1) is 15.0. The monoisotopic (exact) mass is 439 g/mol. The zero-order chi connectivity index (χ0) is 21.8. The lowest BCUT2D eigenvalue weighted by Crippen LogP contribution is -2.47. The Morgan fingerprint density at radius 1 is 0.968 bits per heavy atom. The predicted molar refractivity (Wildman–Crippen MR) is 122 cm³/mol. The van der Waals surface area contributed by atoms with Gasteiger partial charge in [-0.15, -0.1) is 11.3 Å². The average Bonchev–Trinajstić information content (AvgIpc) is 3.37. The highest BCUT2D eigenvalue weighted by Crippen LogP contribution is 2.34. The van der Waals surface area contributed by atoms with Gasteiger partial charge >= 0.3 is 0 Å². The molecule has 2 aromatic rings. The molecule has 1 aromatic heterocycles. The summed E-state index contributed by atoms with van der Waals surface area (Å²) in [5, 5.41) is 1.94. The Morgan fingerprint density at radius 2 is 1.71 bits per heavy atom. The highest BCUT2D eigenvalue weighted by molar-refractivity contribution is 7.11. The van der Waals surface area contributed by atoms with E-state index in [9.17, 15) is 9.59 Å². The molecular formula is C24H29N3O3S. The number of rotatable bonds is 8. The van der Waals surface area contributed by atoms with Gasteiger partial charge in [-0.25, -0.2) is 0 Å². The number of piperazine rings is 1. The van der Waals surface area contributed by atoms with E-state index in [4.69, 9.17) is 4.74 Å². The molecule has 1 saturated heterocycles. The van der Waals surface area contributed by atoms with Gasteiger partial charge in [-0.2, -0.15) is 0 Å². The standard InChI is InChI=1S/C24H29N3O3S/c1-18(2)30-15-14-27-23(28)21(20-9-6-16-31-20)22(24(27)29)26-12-10-25(11-13-26)17-19-7-4-3-5-8-19/h3-9,16,18H,10-15,17H2,1-2H3. The number of imide groups is 1. The number of carbonyl (C=O) groups excluding carboxylic acids is 2. The van der Waals surface area contributed by atoms with Gasteiger partial charge in [-0.3, -0.25) is 19.4 Å². The molecule has 31 heavy (non-hydrogen) atoms. The van der Waals surface area contributed by atoms with Crippen LogP contribution in [0, 0.1) is 0 Å². The zero-order valence-electron chi connectivity index (χ0n) is 18.1. The summed E-state index contributed by atoms with van der Waals surface area (Å²) in [7, 11) is 0. The van der Waals surface area contributed by atoms with Gasteiger partial charge in [0.25, 0.3) is 11.8 Å². The smallest absolute Gasteiger partial charge is 0.277 e. The molecular weight excluding hydrogens is 410 g/mol. The molecule has 0 spiro atoms. The van der Waals surface area contributed by atoms with E-state index >= 15 is 0 Å². The van der Waals surface area contributed by atoms with Crippen molar-refractivity contribution in [1.29, 1.82) is 0 Å². The lowest BCUT2D eigenvalue weighted by molar-refractivity contribution is -0.138. The van der Waals surface area contributed by atoms with E-state index in [1.165, 1.54) is 21.8 Å². The summed E-state index contributed by atoms with van der Waals surface area (Å²) in [6.07, 6.45) is 0.0645. The lowest BCUT2D eigenvalue weighted by Gasteiger charge is -2.36. The molecule has 6 nitrogen and oxygen atoms in total. The quantitative estimate of drug-likeness (QED) is 0.592. The van der Waals surface area contributed by atoms with Crippen LogP contribution >= 0.6 is 11.3 Å². The fourth-order valence-electron chi connectivity index (χ4n) is 4.05. The molecule has 1 aromatic carbocycles. The Morgan fingerprint density at radius 3 is 2.35 bits per heavy atom. The predicted octanol–water partition coefficient (Wildman–Crippen LogP) is 3.07. The van der Waals surface area contributed by atoms with E-state index < -0.39 is 0 Å². The third-order valence-corrected chi connectivity index (χ3v) is 6.50. The van der Waals surface area contributed by atoms with Gasteiger partial charge in [0.15, 0.2) is 0 Å². The minimum absolute atomic E-state index is 0.0645. The Bertz CT molecular complexity index is 932. The van der Waals surface area contributed by atoms with Crippen molar-refractivity contribution in [1.82, 2.24) is 14.7 Å². The van der Waals surface area contributed by atoms with Crippen molar-refractivity contribution in [3.8, 4) is 0 Å². The fourth-order valence-corrected chi connectivity index (χ4v) is 4.82. The second kappa shape index (κ2) is 9.77. The number of amides is 2. The summed E-state index contributed by atoms with van der Waals surface area (Å²) < 4.78 is 5.60. The fraction of sp³-hybridized carbons (Fsp3) is 0.417. The van der Waals surface area contributed by atoms with Gasteiger partial charge in [0.2, 0.25) is 0 Å². The molecule has 1 fully saturated rings. The van der Waals surface area contributed by atoms with Crippen molar-refractivity contribution in [2.24, 2.45) is 0 Å². The third-order valence-electron chi connectivity index (χ3n) is 5.61. The molecule has 0 atom stereocenters. The van der Waals surface area contributed by atoms with E-state index in [2.05, 4.69) is 34.1 Å². The first kappa shape index (κ1) is 21.7. The molecule has 0 N–H and O–H groups in total. The second-order valence-corrected chi connectivity index (χ2v) is 9.08. The molecule has 3 heterocycles. The number of carbonyl (C=O) groups is 2. The number of ether oxygens (including phenoxy) is 1. The van der Waals surface area contributed by atoms with Crippen LogP contribution in [0.1, 0.15) is 24.3 Å². The van der Waals surface area contributed by atoms with Crippen molar-refractivity contribution in [3.05, 3.63) is 64.0 Å². The summed E-state index contributed by atoms with van der Waals surface area (Å²) in [5.41, 5.74) is 2.38. The summed E-state index contributed by atoms with van der Waals surface area (Å²) in [6, 6.07) is 14.3. The first-order valence-electron chi connectivity index (χ1n) is 10.8. The Labute approximate surface area is 187 Å². The van der Waals surface area contributed by atoms with E-state index in [1.807, 2.05) is 37.4 Å². The van der Waals surface area contributed by atoms with Gasteiger partial charge in [-0.1, -0.05) is 36.4 Å². The van der Waals surface area contributed by atoms with Gasteiger partial charge in [-0.05, 0) is 30.9 Å². The molecule has 4 rings (SSSR count). The average molecular weight is 440 g/mol. The van der Waals surface area contributed by atoms with E-state index in [1.54, 1.807) is 0 Å². The van der Waals surface area contributed by atoms with E-state index in [-0.39, 0.29) is 24.5 Å². The third kappa shape index (κ3) is 4.89. The number of hydrogen-bond donors (Lipinski definition) is 0. The molecule has 0 radical (unpaired) electrons. The van der Waals surface area contributed by atoms with Crippen LogP contribution in [0.5, 0.6) is 0 Å². The molecule has 0 aliphatic carbocycles. The van der Waals surface area contributed by atoms with Crippen LogP contribution in [-0.4, -0.2) is 71.9 Å². The summed E-state index contributed by atoms with van der Waals surface area (Å²) in [6.45, 7) is 8.59. The minimum Gasteiger partial charge on any atom is -0.377 e. The maximum Gasteiger partial charge on any atom is 0.277 e. The molecule has 2 aliphatic heterocycles. The molecule has 7 heteroatoms. The van der Waals surface area contributed by atoms with E-state index in [0.29, 0.717) is 17.9 Å².